The summed E-state index contributed by atoms with van der Waals surface area (Å²) in [6.45, 7) is 6.12. The quantitative estimate of drug-likeness (QED) is 0.609. The summed E-state index contributed by atoms with van der Waals surface area (Å²) in [6.07, 6.45) is 4.06. The Morgan fingerprint density at radius 2 is 1.65 bits per heavy atom. The number of hydrogen-bond donors (Lipinski definition) is 1. The Kier molecular flexibility index (Phi) is 6.22. The van der Waals surface area contributed by atoms with E-state index in [4.69, 9.17) is 9.84 Å². The summed E-state index contributed by atoms with van der Waals surface area (Å²) in [7, 11) is 0. The summed E-state index contributed by atoms with van der Waals surface area (Å²) in [4.78, 5) is 23.2. The molecule has 20 heavy (non-hydrogen) atoms. The molecule has 0 bridgehead atoms. The first-order valence-corrected chi connectivity index (χ1v) is 6.99. The van der Waals surface area contributed by atoms with E-state index in [0.717, 1.165) is 36.8 Å². The highest BCUT2D eigenvalue weighted by Gasteiger charge is 2.19. The van der Waals surface area contributed by atoms with Crippen molar-refractivity contribution in [2.45, 2.75) is 46.5 Å². The van der Waals surface area contributed by atoms with E-state index in [1.807, 2.05) is 13.8 Å². The fourth-order valence-corrected chi connectivity index (χ4v) is 1.93. The number of carbonyl (C=O) groups excluding carboxylic acids is 1. The molecule has 0 aliphatic carbocycles. The van der Waals surface area contributed by atoms with E-state index in [1.54, 1.807) is 6.07 Å². The van der Waals surface area contributed by atoms with Crippen molar-refractivity contribution in [2.75, 3.05) is 6.61 Å². The molecular formula is C16H22O4. The molecule has 110 valence electrons. The molecule has 0 spiro atoms. The van der Waals surface area contributed by atoms with Gasteiger partial charge in [0.1, 0.15) is 0 Å². The highest BCUT2D eigenvalue weighted by Crippen LogP contribution is 2.17. The van der Waals surface area contributed by atoms with Crippen LogP contribution >= 0.6 is 0 Å². The lowest BCUT2D eigenvalue weighted by molar-refractivity contribution is 0.0487. The van der Waals surface area contributed by atoms with Crippen molar-refractivity contribution in [3.8, 4) is 0 Å². The number of unbranched alkanes of at least 4 members (excludes halogenated alkanes) is 3. The maximum Gasteiger partial charge on any atom is 0.339 e. The topological polar surface area (TPSA) is 63.6 Å². The fourth-order valence-electron chi connectivity index (χ4n) is 1.93. The third-order valence-electron chi connectivity index (χ3n) is 3.32. The van der Waals surface area contributed by atoms with E-state index in [9.17, 15) is 9.59 Å². The maximum atomic E-state index is 12.0. The second-order valence-electron chi connectivity index (χ2n) is 4.98. The number of aromatic carboxylic acids is 1. The van der Waals surface area contributed by atoms with Gasteiger partial charge in [-0.25, -0.2) is 9.59 Å². The van der Waals surface area contributed by atoms with Gasteiger partial charge in [-0.1, -0.05) is 26.2 Å². The zero-order chi connectivity index (χ0) is 15.1. The average Bonchev–Trinajstić information content (AvgIpc) is 2.40. The monoisotopic (exact) mass is 278 g/mol. The lowest BCUT2D eigenvalue weighted by Gasteiger charge is -2.10. The molecule has 0 amide bonds. The summed E-state index contributed by atoms with van der Waals surface area (Å²) >= 11 is 0. The SMILES string of the molecule is CCCCCCOC(=O)c1cc(C)c(C)cc1C(=O)O. The Morgan fingerprint density at radius 3 is 2.20 bits per heavy atom. The van der Waals surface area contributed by atoms with E-state index >= 15 is 0 Å². The summed E-state index contributed by atoms with van der Waals surface area (Å²) < 4.78 is 5.16. The lowest BCUT2D eigenvalue weighted by Crippen LogP contribution is -2.13. The van der Waals surface area contributed by atoms with E-state index in [0.29, 0.717) is 6.61 Å². The minimum Gasteiger partial charge on any atom is -0.478 e. The number of carbonyl (C=O) groups is 2. The van der Waals surface area contributed by atoms with E-state index in [-0.39, 0.29) is 11.1 Å². The molecule has 0 aliphatic rings. The van der Waals surface area contributed by atoms with Crippen LogP contribution in [0.2, 0.25) is 0 Å². The number of benzene rings is 1. The van der Waals surface area contributed by atoms with E-state index < -0.39 is 11.9 Å². The van der Waals surface area contributed by atoms with Crippen LogP contribution in [-0.2, 0) is 4.74 Å². The van der Waals surface area contributed by atoms with Gasteiger partial charge in [0, 0.05) is 0 Å². The van der Waals surface area contributed by atoms with E-state index in [1.165, 1.54) is 6.07 Å². The molecule has 1 N–H and O–H groups in total. The molecule has 1 aromatic carbocycles. The maximum absolute atomic E-state index is 12.0. The van der Waals surface area contributed by atoms with Crippen molar-refractivity contribution in [3.05, 3.63) is 34.4 Å². The van der Waals surface area contributed by atoms with Gasteiger partial charge >= 0.3 is 11.9 Å². The molecule has 0 heterocycles. The van der Waals surface area contributed by atoms with Crippen molar-refractivity contribution >= 4 is 11.9 Å². The minimum atomic E-state index is -1.11. The van der Waals surface area contributed by atoms with Gasteiger partial charge in [0.25, 0.3) is 0 Å². The standard InChI is InChI=1S/C16H22O4/c1-4-5-6-7-8-20-16(19)14-10-12(3)11(2)9-13(14)15(17)18/h9-10H,4-8H2,1-3H3,(H,17,18). The van der Waals surface area contributed by atoms with Gasteiger partial charge < -0.3 is 9.84 Å². The highest BCUT2D eigenvalue weighted by atomic mass is 16.5. The van der Waals surface area contributed by atoms with Crippen molar-refractivity contribution in [1.82, 2.24) is 0 Å². The second kappa shape index (κ2) is 7.68. The van der Waals surface area contributed by atoms with Crippen LogP contribution in [-0.4, -0.2) is 23.7 Å². The van der Waals surface area contributed by atoms with Gasteiger partial charge in [-0.3, -0.25) is 0 Å². The first kappa shape index (κ1) is 16.2. The molecule has 0 fully saturated rings. The molecule has 1 rings (SSSR count). The molecule has 0 radical (unpaired) electrons. The third-order valence-corrected chi connectivity index (χ3v) is 3.32. The first-order chi connectivity index (χ1) is 9.47. The van der Waals surface area contributed by atoms with E-state index in [2.05, 4.69) is 6.92 Å². The van der Waals surface area contributed by atoms with Crippen molar-refractivity contribution < 1.29 is 19.4 Å². The third kappa shape index (κ3) is 4.37. The molecule has 0 aliphatic heterocycles. The summed E-state index contributed by atoms with van der Waals surface area (Å²) in [5.74, 6) is -1.66. The number of hydrogen-bond acceptors (Lipinski definition) is 3. The van der Waals surface area contributed by atoms with Gasteiger partial charge in [-0.15, -0.1) is 0 Å². The highest BCUT2D eigenvalue weighted by molar-refractivity contribution is 6.02. The van der Waals surface area contributed by atoms with Gasteiger partial charge in [-0.05, 0) is 43.5 Å². The van der Waals surface area contributed by atoms with Crippen LogP contribution in [0.5, 0.6) is 0 Å². The van der Waals surface area contributed by atoms with Crippen LogP contribution < -0.4 is 0 Å². The number of carboxylic acids is 1. The lowest BCUT2D eigenvalue weighted by atomic mass is 10.00. The van der Waals surface area contributed by atoms with Gasteiger partial charge in [0.05, 0.1) is 17.7 Å². The number of ether oxygens (including phenoxy) is 1. The van der Waals surface area contributed by atoms with Crippen molar-refractivity contribution in [2.24, 2.45) is 0 Å². The normalized spacial score (nSPS) is 10.3. The van der Waals surface area contributed by atoms with Crippen LogP contribution in [0.3, 0.4) is 0 Å². The Balaban J connectivity index is 2.76. The fraction of sp³-hybridized carbons (Fsp3) is 0.500. The molecule has 0 saturated heterocycles. The Bertz CT molecular complexity index is 491. The number of rotatable bonds is 7. The Labute approximate surface area is 119 Å². The summed E-state index contributed by atoms with van der Waals surface area (Å²) in [5, 5.41) is 9.16. The van der Waals surface area contributed by atoms with Crippen LogP contribution in [0.25, 0.3) is 0 Å². The molecule has 4 nitrogen and oxygen atoms in total. The molecule has 0 aromatic heterocycles. The first-order valence-electron chi connectivity index (χ1n) is 6.99. The van der Waals surface area contributed by atoms with Crippen molar-refractivity contribution in [3.63, 3.8) is 0 Å². The molecule has 0 saturated carbocycles. The molecule has 0 atom stereocenters. The molecule has 1 aromatic rings. The van der Waals surface area contributed by atoms with Crippen LogP contribution in [0.4, 0.5) is 0 Å². The molecule has 4 heteroatoms. The van der Waals surface area contributed by atoms with Crippen LogP contribution in [0, 0.1) is 13.8 Å². The number of esters is 1. The Hall–Kier alpha value is -1.84. The van der Waals surface area contributed by atoms with Gasteiger partial charge in [0.2, 0.25) is 0 Å². The largest absolute Gasteiger partial charge is 0.478 e. The zero-order valence-corrected chi connectivity index (χ0v) is 12.4. The van der Waals surface area contributed by atoms with Crippen LogP contribution in [0.1, 0.15) is 64.4 Å². The number of carboxylic acid groups (broad SMARTS) is 1. The summed E-state index contributed by atoms with van der Waals surface area (Å²) in [6, 6.07) is 3.11. The smallest absolute Gasteiger partial charge is 0.339 e. The zero-order valence-electron chi connectivity index (χ0n) is 12.4. The summed E-state index contributed by atoms with van der Waals surface area (Å²) in [5.41, 5.74) is 1.87. The number of aryl methyl sites for hydroxylation is 2. The van der Waals surface area contributed by atoms with Gasteiger partial charge in [-0.2, -0.15) is 0 Å². The minimum absolute atomic E-state index is 0.00616. The van der Waals surface area contributed by atoms with Crippen LogP contribution in [0.15, 0.2) is 12.1 Å². The average molecular weight is 278 g/mol. The molecular weight excluding hydrogens is 256 g/mol. The van der Waals surface area contributed by atoms with Crippen molar-refractivity contribution in [1.29, 1.82) is 0 Å². The predicted octanol–water partition coefficient (Wildman–Crippen LogP) is 3.74. The Morgan fingerprint density at radius 1 is 1.05 bits per heavy atom. The second-order valence-corrected chi connectivity index (χ2v) is 4.98. The van der Waals surface area contributed by atoms with Gasteiger partial charge in [0.15, 0.2) is 0 Å². The molecule has 0 unspecified atom stereocenters. The predicted molar refractivity (Wildman–Crippen MR) is 77.3 cm³/mol.